The molecule has 12 heteroatoms. The Morgan fingerprint density at radius 3 is 1.85 bits per heavy atom. The molecule has 0 saturated heterocycles. The molecule has 0 N–H and O–H groups in total. The second-order valence-corrected chi connectivity index (χ2v) is 7.16. The van der Waals surface area contributed by atoms with Crippen molar-refractivity contribution in [2.45, 2.75) is 95.3 Å². The second kappa shape index (κ2) is 15.0. The number of hydrogen-bond acceptors (Lipinski definition) is 4. The summed E-state index contributed by atoms with van der Waals surface area (Å²) < 4.78 is 111. The maximum Gasteiger partial charge on any atom is 0.381 e. The van der Waals surface area contributed by atoms with Crippen LogP contribution >= 0.6 is 0 Å². The lowest BCUT2D eigenvalue weighted by Gasteiger charge is -2.31. The van der Waals surface area contributed by atoms with E-state index in [-0.39, 0.29) is 6.61 Å². The third-order valence-electron chi connectivity index (χ3n) is 4.36. The second-order valence-electron chi connectivity index (χ2n) is 7.16. The van der Waals surface area contributed by atoms with Crippen LogP contribution in [0.4, 0.5) is 35.1 Å². The van der Waals surface area contributed by atoms with Crippen LogP contribution in [0.15, 0.2) is 0 Å². The maximum absolute atomic E-state index is 13.3. The molecule has 0 spiro atoms. The number of esters is 2. The van der Waals surface area contributed by atoms with E-state index in [0.29, 0.717) is 6.42 Å². The van der Waals surface area contributed by atoms with E-state index in [2.05, 4.69) is 16.6 Å². The zero-order valence-corrected chi connectivity index (χ0v) is 18.2. The van der Waals surface area contributed by atoms with Gasteiger partial charge in [0, 0.05) is 12.8 Å². The minimum absolute atomic E-state index is 0.0584. The van der Waals surface area contributed by atoms with Crippen LogP contribution in [-0.2, 0) is 19.1 Å². The summed E-state index contributed by atoms with van der Waals surface area (Å²) in [7, 11) is 0. The fourth-order valence-corrected chi connectivity index (χ4v) is 2.41. The van der Waals surface area contributed by atoms with Crippen LogP contribution in [0.2, 0.25) is 0 Å². The Kier molecular flexibility index (Phi) is 14.0. The Balaban J connectivity index is 4.04. The van der Waals surface area contributed by atoms with Crippen molar-refractivity contribution >= 4 is 11.9 Å². The van der Waals surface area contributed by atoms with Gasteiger partial charge in [0.1, 0.15) is 0 Å². The number of unbranched alkanes of at least 4 members (excludes halogenated alkanes) is 6. The van der Waals surface area contributed by atoms with E-state index in [1.165, 1.54) is 0 Å². The van der Waals surface area contributed by atoms with Gasteiger partial charge in [-0.25, -0.2) is 8.78 Å². The topological polar surface area (TPSA) is 52.6 Å². The molecule has 0 aliphatic carbocycles. The van der Waals surface area contributed by atoms with Gasteiger partial charge in [0.25, 0.3) is 0 Å². The van der Waals surface area contributed by atoms with Crippen LogP contribution in [0, 0.1) is 11.8 Å². The fraction of sp³-hybridized carbons (Fsp3) is 0.810. The number of carbonyl (C=O) groups excluding carboxylic acids is 2. The van der Waals surface area contributed by atoms with Gasteiger partial charge < -0.3 is 9.47 Å². The molecule has 0 aromatic heterocycles. The molecule has 4 nitrogen and oxygen atoms in total. The van der Waals surface area contributed by atoms with Crippen LogP contribution < -0.4 is 0 Å². The standard InChI is InChI=1S/C21H28F8O4/c1-2-3-4-5-6-7-8-9-10-11-14-32-16(30)12-13-17(31)33-15-19(24,25)21(28,29)20(26,27)18(22)23/h18H,2,5-15H2,1H3. The van der Waals surface area contributed by atoms with Crippen molar-refractivity contribution in [2.75, 3.05) is 13.2 Å². The first-order valence-corrected chi connectivity index (χ1v) is 10.5. The van der Waals surface area contributed by atoms with E-state index in [1.807, 2.05) is 6.92 Å². The van der Waals surface area contributed by atoms with Crippen molar-refractivity contribution in [3.05, 3.63) is 0 Å². The first-order valence-electron chi connectivity index (χ1n) is 10.5. The molecule has 0 aliphatic rings. The van der Waals surface area contributed by atoms with E-state index in [0.717, 1.165) is 44.9 Å². The van der Waals surface area contributed by atoms with Crippen molar-refractivity contribution in [3.63, 3.8) is 0 Å². The van der Waals surface area contributed by atoms with Gasteiger partial charge in [-0.15, -0.1) is 11.8 Å². The van der Waals surface area contributed by atoms with Crippen LogP contribution in [0.3, 0.4) is 0 Å². The Morgan fingerprint density at radius 1 is 0.788 bits per heavy atom. The van der Waals surface area contributed by atoms with E-state index in [9.17, 15) is 44.7 Å². The zero-order chi connectivity index (χ0) is 25.5. The van der Waals surface area contributed by atoms with Gasteiger partial charge in [0.15, 0.2) is 6.61 Å². The number of carbonyl (C=O) groups is 2. The molecule has 0 amide bonds. The fourth-order valence-electron chi connectivity index (χ4n) is 2.41. The first kappa shape index (κ1) is 30.9. The molecule has 192 valence electrons. The summed E-state index contributed by atoms with van der Waals surface area (Å²) in [6.45, 7) is -0.519. The summed E-state index contributed by atoms with van der Waals surface area (Å²) in [5.41, 5.74) is 0. The first-order chi connectivity index (χ1) is 15.3. The lowest BCUT2D eigenvalue weighted by Crippen LogP contribution is -2.59. The third-order valence-corrected chi connectivity index (χ3v) is 4.36. The summed E-state index contributed by atoms with van der Waals surface area (Å²) >= 11 is 0. The van der Waals surface area contributed by atoms with Gasteiger partial charge >= 0.3 is 36.1 Å². The van der Waals surface area contributed by atoms with Crippen molar-refractivity contribution in [3.8, 4) is 11.8 Å². The van der Waals surface area contributed by atoms with E-state index >= 15 is 0 Å². The minimum atomic E-state index is -6.46. The van der Waals surface area contributed by atoms with Gasteiger partial charge in [0.05, 0.1) is 19.4 Å². The van der Waals surface area contributed by atoms with E-state index in [4.69, 9.17) is 4.74 Å². The molecule has 0 unspecified atom stereocenters. The molecule has 0 atom stereocenters. The Labute approximate surface area is 187 Å². The summed E-state index contributed by atoms with van der Waals surface area (Å²) in [6, 6.07) is 0. The smallest absolute Gasteiger partial charge is 0.381 e. The quantitative estimate of drug-likeness (QED) is 0.111. The predicted octanol–water partition coefficient (Wildman–Crippen LogP) is 6.17. The molecule has 0 fully saturated rings. The van der Waals surface area contributed by atoms with Gasteiger partial charge in [-0.05, 0) is 12.8 Å². The highest BCUT2D eigenvalue weighted by atomic mass is 19.4. The number of rotatable bonds is 16. The molecule has 0 bridgehead atoms. The lowest BCUT2D eigenvalue weighted by atomic mass is 10.1. The summed E-state index contributed by atoms with van der Waals surface area (Å²) in [6.07, 6.45) is 0.494. The molecule has 0 rings (SSSR count). The lowest BCUT2D eigenvalue weighted by molar-refractivity contribution is -0.344. The van der Waals surface area contributed by atoms with Crippen molar-refractivity contribution < 1.29 is 54.2 Å². The van der Waals surface area contributed by atoms with E-state index in [1.54, 1.807) is 0 Å². The molecule has 33 heavy (non-hydrogen) atoms. The van der Waals surface area contributed by atoms with Gasteiger partial charge in [-0.3, -0.25) is 9.59 Å². The maximum atomic E-state index is 13.3. The number of hydrogen-bond donors (Lipinski definition) is 0. The highest BCUT2D eigenvalue weighted by Gasteiger charge is 2.75. The zero-order valence-electron chi connectivity index (χ0n) is 18.2. The minimum Gasteiger partial charge on any atom is -0.466 e. The average molecular weight is 496 g/mol. The molecule has 0 heterocycles. The molecular weight excluding hydrogens is 468 g/mol. The SMILES string of the molecule is CCC#CCCCCCCCCOC(=O)CCC(=O)OCC(F)(F)C(F)(F)C(F)(F)C(F)F. The van der Waals surface area contributed by atoms with Crippen molar-refractivity contribution in [2.24, 2.45) is 0 Å². The molecule has 0 aromatic carbocycles. The third kappa shape index (κ3) is 11.1. The monoisotopic (exact) mass is 496 g/mol. The summed E-state index contributed by atoms with van der Waals surface area (Å²) in [5.74, 6) is -15.0. The number of halogens is 8. The highest BCUT2D eigenvalue weighted by molar-refractivity contribution is 5.77. The van der Waals surface area contributed by atoms with Crippen LogP contribution in [0.25, 0.3) is 0 Å². The Hall–Kier alpha value is -2.06. The van der Waals surface area contributed by atoms with Crippen LogP contribution in [0.1, 0.15) is 71.1 Å². The normalized spacial score (nSPS) is 12.3. The van der Waals surface area contributed by atoms with Crippen LogP contribution in [-0.4, -0.2) is 49.3 Å². The molecule has 0 saturated carbocycles. The molecule has 0 aromatic rings. The Bertz CT molecular complexity index is 656. The van der Waals surface area contributed by atoms with Gasteiger partial charge in [0.2, 0.25) is 0 Å². The summed E-state index contributed by atoms with van der Waals surface area (Å²) in [5, 5.41) is 0. The summed E-state index contributed by atoms with van der Waals surface area (Å²) in [4.78, 5) is 22.8. The van der Waals surface area contributed by atoms with E-state index < -0.39 is 55.6 Å². The van der Waals surface area contributed by atoms with Crippen molar-refractivity contribution in [1.29, 1.82) is 0 Å². The predicted molar refractivity (Wildman–Crippen MR) is 102 cm³/mol. The van der Waals surface area contributed by atoms with Crippen LogP contribution in [0.5, 0.6) is 0 Å². The largest absolute Gasteiger partial charge is 0.466 e. The Morgan fingerprint density at radius 2 is 1.30 bits per heavy atom. The molecule has 0 aliphatic heterocycles. The average Bonchev–Trinajstić information content (AvgIpc) is 2.74. The number of alkyl halides is 8. The van der Waals surface area contributed by atoms with Gasteiger partial charge in [-0.2, -0.15) is 26.3 Å². The molecular formula is C21H28F8O4. The number of ether oxygens (including phenoxy) is 2. The molecule has 0 radical (unpaired) electrons. The highest BCUT2D eigenvalue weighted by Crippen LogP contribution is 2.48. The van der Waals surface area contributed by atoms with Gasteiger partial charge in [-0.1, -0.05) is 32.6 Å². The van der Waals surface area contributed by atoms with Crippen molar-refractivity contribution in [1.82, 2.24) is 0 Å².